The largest absolute Gasteiger partial charge is 0.497 e. The van der Waals surface area contributed by atoms with Crippen LogP contribution in [0.4, 0.5) is 5.69 Å². The number of anilines is 1. The third kappa shape index (κ3) is 4.45. The zero-order valence-electron chi connectivity index (χ0n) is 17.3. The Balaban J connectivity index is 1.45. The van der Waals surface area contributed by atoms with E-state index in [0.29, 0.717) is 11.4 Å². The number of benzene rings is 2. The average Bonchev–Trinajstić information content (AvgIpc) is 3.02. The molecular weight excluding hydrogens is 380 g/mol. The first-order valence-corrected chi connectivity index (χ1v) is 10.3. The van der Waals surface area contributed by atoms with Crippen LogP contribution in [0.25, 0.3) is 11.4 Å². The van der Waals surface area contributed by atoms with E-state index in [4.69, 9.17) is 9.47 Å². The van der Waals surface area contributed by atoms with Gasteiger partial charge in [-0.05, 0) is 56.2 Å². The van der Waals surface area contributed by atoms with Crippen molar-refractivity contribution in [1.29, 1.82) is 0 Å². The molecule has 0 aliphatic carbocycles. The summed E-state index contributed by atoms with van der Waals surface area (Å²) < 4.78 is 13.2. The van der Waals surface area contributed by atoms with Gasteiger partial charge in [0.1, 0.15) is 17.3 Å². The van der Waals surface area contributed by atoms with Crippen molar-refractivity contribution in [3.8, 4) is 22.9 Å². The van der Waals surface area contributed by atoms with Gasteiger partial charge in [-0.2, -0.15) is 0 Å². The number of hydrogen-bond donors (Lipinski definition) is 1. The average molecular weight is 406 g/mol. The van der Waals surface area contributed by atoms with E-state index in [1.807, 2.05) is 24.3 Å². The molecule has 0 saturated heterocycles. The van der Waals surface area contributed by atoms with Gasteiger partial charge in [0, 0.05) is 24.2 Å². The van der Waals surface area contributed by atoms with E-state index in [0.717, 1.165) is 48.8 Å². The van der Waals surface area contributed by atoms with Crippen LogP contribution in [0.5, 0.6) is 11.5 Å². The molecule has 4 rings (SSSR count). The van der Waals surface area contributed by atoms with Gasteiger partial charge in [-0.25, -0.2) is 0 Å². The fraction of sp³-hybridized carbons (Fsp3) is 0.348. The molecule has 1 N–H and O–H groups in total. The number of aromatic nitrogens is 3. The van der Waals surface area contributed by atoms with Gasteiger partial charge < -0.3 is 19.4 Å². The molecule has 7 heteroatoms. The van der Waals surface area contributed by atoms with Crippen LogP contribution >= 0.6 is 0 Å². The van der Waals surface area contributed by atoms with Crippen molar-refractivity contribution in [2.75, 3.05) is 12.4 Å². The maximum atomic E-state index is 12.5. The lowest BCUT2D eigenvalue weighted by atomic mass is 10.2. The number of fused-ring (bicyclic) bond motifs is 1. The lowest BCUT2D eigenvalue weighted by molar-refractivity contribution is -0.122. The fourth-order valence-corrected chi connectivity index (χ4v) is 3.58. The normalized spacial score (nSPS) is 14.3. The molecule has 1 atom stereocenters. The maximum absolute atomic E-state index is 12.5. The molecule has 0 radical (unpaired) electrons. The van der Waals surface area contributed by atoms with Gasteiger partial charge >= 0.3 is 0 Å². The summed E-state index contributed by atoms with van der Waals surface area (Å²) in [5.74, 6) is 3.03. The van der Waals surface area contributed by atoms with Crippen LogP contribution in [-0.2, 0) is 17.8 Å². The molecule has 0 saturated carbocycles. The van der Waals surface area contributed by atoms with E-state index in [9.17, 15) is 4.79 Å². The van der Waals surface area contributed by atoms with Crippen molar-refractivity contribution in [2.24, 2.45) is 0 Å². The number of amides is 1. The van der Waals surface area contributed by atoms with Crippen molar-refractivity contribution in [2.45, 2.75) is 45.3 Å². The highest BCUT2D eigenvalue weighted by molar-refractivity contribution is 5.94. The van der Waals surface area contributed by atoms with Crippen molar-refractivity contribution in [1.82, 2.24) is 14.8 Å². The SMILES string of the molecule is COc1ccc(NC(=O)[C@H](C)Oc2cccc(-c3nnc4n3CCCCC4)c2)cc1. The lowest BCUT2D eigenvalue weighted by Crippen LogP contribution is -2.30. The Morgan fingerprint density at radius 1 is 1.07 bits per heavy atom. The summed E-state index contributed by atoms with van der Waals surface area (Å²) in [5, 5.41) is 11.6. The van der Waals surface area contributed by atoms with E-state index < -0.39 is 6.10 Å². The van der Waals surface area contributed by atoms with E-state index in [2.05, 4.69) is 20.1 Å². The third-order valence-corrected chi connectivity index (χ3v) is 5.24. The first-order valence-electron chi connectivity index (χ1n) is 10.3. The predicted molar refractivity (Wildman–Crippen MR) is 115 cm³/mol. The molecule has 0 spiro atoms. The Bertz CT molecular complexity index is 1010. The zero-order valence-corrected chi connectivity index (χ0v) is 17.3. The highest BCUT2D eigenvalue weighted by Crippen LogP contribution is 2.26. The monoisotopic (exact) mass is 406 g/mol. The molecule has 0 unspecified atom stereocenters. The van der Waals surface area contributed by atoms with Crippen LogP contribution in [0.3, 0.4) is 0 Å². The highest BCUT2D eigenvalue weighted by Gasteiger charge is 2.18. The Labute approximate surface area is 176 Å². The van der Waals surface area contributed by atoms with E-state index >= 15 is 0 Å². The van der Waals surface area contributed by atoms with Gasteiger partial charge in [0.05, 0.1) is 7.11 Å². The number of nitrogens with one attached hydrogen (secondary N) is 1. The van der Waals surface area contributed by atoms with Crippen LogP contribution in [0, 0.1) is 0 Å². The first-order chi connectivity index (χ1) is 14.6. The second kappa shape index (κ2) is 8.98. The number of hydrogen-bond acceptors (Lipinski definition) is 5. The number of carbonyl (C=O) groups excluding carboxylic acids is 1. The second-order valence-electron chi connectivity index (χ2n) is 7.41. The van der Waals surface area contributed by atoms with Gasteiger partial charge in [-0.3, -0.25) is 4.79 Å². The summed E-state index contributed by atoms with van der Waals surface area (Å²) in [7, 11) is 1.61. The topological polar surface area (TPSA) is 78.3 Å². The molecule has 0 bridgehead atoms. The van der Waals surface area contributed by atoms with Crippen LogP contribution in [-0.4, -0.2) is 33.9 Å². The van der Waals surface area contributed by atoms with Gasteiger partial charge in [0.2, 0.25) is 0 Å². The highest BCUT2D eigenvalue weighted by atomic mass is 16.5. The Kier molecular flexibility index (Phi) is 5.97. The van der Waals surface area contributed by atoms with Gasteiger partial charge in [0.25, 0.3) is 5.91 Å². The minimum absolute atomic E-state index is 0.220. The molecule has 156 valence electrons. The predicted octanol–water partition coefficient (Wildman–Crippen LogP) is 4.09. The van der Waals surface area contributed by atoms with Crippen LogP contribution in [0.15, 0.2) is 48.5 Å². The number of carbonyl (C=O) groups is 1. The Morgan fingerprint density at radius 3 is 2.70 bits per heavy atom. The summed E-state index contributed by atoms with van der Waals surface area (Å²) in [5.41, 5.74) is 1.63. The number of aryl methyl sites for hydroxylation is 1. The number of nitrogens with zero attached hydrogens (tertiary/aromatic N) is 3. The summed E-state index contributed by atoms with van der Waals surface area (Å²) in [6, 6.07) is 14.9. The number of methoxy groups -OCH3 is 1. The fourth-order valence-electron chi connectivity index (χ4n) is 3.58. The minimum Gasteiger partial charge on any atom is -0.497 e. The lowest BCUT2D eigenvalue weighted by Gasteiger charge is -2.16. The minimum atomic E-state index is -0.655. The molecule has 30 heavy (non-hydrogen) atoms. The first kappa shape index (κ1) is 19.9. The van der Waals surface area contributed by atoms with E-state index in [-0.39, 0.29) is 5.91 Å². The quantitative estimate of drug-likeness (QED) is 0.667. The van der Waals surface area contributed by atoms with E-state index in [1.165, 1.54) is 6.42 Å². The number of ether oxygens (including phenoxy) is 2. The molecule has 1 aliphatic heterocycles. The molecule has 1 aliphatic rings. The van der Waals surface area contributed by atoms with Crippen LogP contribution in [0.2, 0.25) is 0 Å². The second-order valence-corrected chi connectivity index (χ2v) is 7.41. The molecule has 7 nitrogen and oxygen atoms in total. The van der Waals surface area contributed by atoms with Crippen molar-refractivity contribution < 1.29 is 14.3 Å². The van der Waals surface area contributed by atoms with Gasteiger partial charge in [0.15, 0.2) is 11.9 Å². The molecule has 0 fully saturated rings. The summed E-state index contributed by atoms with van der Waals surface area (Å²) in [4.78, 5) is 12.5. The van der Waals surface area contributed by atoms with Crippen molar-refractivity contribution in [3.05, 3.63) is 54.4 Å². The zero-order chi connectivity index (χ0) is 20.9. The van der Waals surface area contributed by atoms with Crippen molar-refractivity contribution >= 4 is 11.6 Å². The van der Waals surface area contributed by atoms with E-state index in [1.54, 1.807) is 38.3 Å². The van der Waals surface area contributed by atoms with Gasteiger partial charge in [-0.15, -0.1) is 10.2 Å². The number of rotatable bonds is 6. The maximum Gasteiger partial charge on any atom is 0.265 e. The Hall–Kier alpha value is -3.35. The Morgan fingerprint density at radius 2 is 1.90 bits per heavy atom. The smallest absolute Gasteiger partial charge is 0.265 e. The molecule has 2 heterocycles. The molecular formula is C23H26N4O3. The van der Waals surface area contributed by atoms with Crippen LogP contribution < -0.4 is 14.8 Å². The van der Waals surface area contributed by atoms with Crippen molar-refractivity contribution in [3.63, 3.8) is 0 Å². The molecule has 2 aromatic carbocycles. The third-order valence-electron chi connectivity index (χ3n) is 5.24. The van der Waals surface area contributed by atoms with Crippen LogP contribution in [0.1, 0.15) is 32.0 Å². The van der Waals surface area contributed by atoms with Gasteiger partial charge in [-0.1, -0.05) is 18.6 Å². The standard InChI is InChI=1S/C23H26N4O3/c1-16(23(28)24-18-10-12-19(29-2)13-11-18)30-20-8-6-7-17(15-20)22-26-25-21-9-4-3-5-14-27(21)22/h6-8,10-13,15-16H,3-5,9,14H2,1-2H3,(H,24,28)/t16-/m0/s1. The summed E-state index contributed by atoms with van der Waals surface area (Å²) >= 11 is 0. The molecule has 1 aromatic heterocycles. The summed E-state index contributed by atoms with van der Waals surface area (Å²) in [6.45, 7) is 2.66. The summed E-state index contributed by atoms with van der Waals surface area (Å²) in [6.07, 6.45) is 3.81. The molecule has 3 aromatic rings. The molecule has 1 amide bonds.